The molecule has 15 heavy (non-hydrogen) atoms. The largest absolute Gasteiger partial charge is 0.385 e. The van der Waals surface area contributed by atoms with Crippen LogP contribution < -0.4 is 5.32 Å². The molecule has 0 aliphatic carbocycles. The maximum absolute atomic E-state index is 5.88. The number of hydrogen-bond donors (Lipinski definition) is 1. The van der Waals surface area contributed by atoms with E-state index in [1.165, 1.54) is 19.3 Å². The van der Waals surface area contributed by atoms with Gasteiger partial charge in [-0.3, -0.25) is 0 Å². The van der Waals surface area contributed by atoms with Crippen molar-refractivity contribution in [3.8, 4) is 0 Å². The highest BCUT2D eigenvalue weighted by Crippen LogP contribution is 2.14. The van der Waals surface area contributed by atoms with Crippen molar-refractivity contribution in [2.75, 3.05) is 11.9 Å². The number of halogens is 1. The van der Waals surface area contributed by atoms with E-state index >= 15 is 0 Å². The van der Waals surface area contributed by atoms with Crippen molar-refractivity contribution in [3.05, 3.63) is 41.9 Å². The number of unbranched alkanes of at least 4 members (excludes halogenated alkanes) is 3. The summed E-state index contributed by atoms with van der Waals surface area (Å²) in [7, 11) is 0. The number of allylic oxidation sites excluding steroid dienone is 1. The third-order valence-electron chi connectivity index (χ3n) is 2.24. The minimum absolute atomic E-state index is 0.784. The SMILES string of the molecule is C=CCCCCCNc1cccc(Cl)c1. The highest BCUT2D eigenvalue weighted by atomic mass is 35.5. The molecule has 82 valence electrons. The van der Waals surface area contributed by atoms with Crippen molar-refractivity contribution in [2.45, 2.75) is 25.7 Å². The van der Waals surface area contributed by atoms with E-state index in [9.17, 15) is 0 Å². The molecule has 1 aromatic rings. The van der Waals surface area contributed by atoms with Gasteiger partial charge in [0.2, 0.25) is 0 Å². The quantitative estimate of drug-likeness (QED) is 0.530. The molecule has 0 spiro atoms. The molecule has 0 unspecified atom stereocenters. The minimum atomic E-state index is 0.784. The van der Waals surface area contributed by atoms with Crippen LogP contribution in [0.4, 0.5) is 5.69 Å². The fourth-order valence-electron chi connectivity index (χ4n) is 1.42. The van der Waals surface area contributed by atoms with Gasteiger partial charge in [-0.1, -0.05) is 30.2 Å². The normalized spacial score (nSPS) is 9.93. The van der Waals surface area contributed by atoms with Crippen LogP contribution in [0, 0.1) is 0 Å². The lowest BCUT2D eigenvalue weighted by molar-refractivity contribution is 0.709. The smallest absolute Gasteiger partial charge is 0.0426 e. The summed E-state index contributed by atoms with van der Waals surface area (Å²) < 4.78 is 0. The molecule has 1 rings (SSSR count). The number of anilines is 1. The van der Waals surface area contributed by atoms with Gasteiger partial charge in [-0.25, -0.2) is 0 Å². The van der Waals surface area contributed by atoms with Crippen molar-refractivity contribution in [2.24, 2.45) is 0 Å². The molecular formula is C13H18ClN. The monoisotopic (exact) mass is 223 g/mol. The molecule has 1 aromatic carbocycles. The second-order valence-corrected chi connectivity index (χ2v) is 4.01. The van der Waals surface area contributed by atoms with Crippen molar-refractivity contribution in [1.29, 1.82) is 0 Å². The Kier molecular flexibility index (Phi) is 5.94. The molecule has 0 atom stereocenters. The van der Waals surface area contributed by atoms with Gasteiger partial charge in [0, 0.05) is 17.3 Å². The second-order valence-electron chi connectivity index (χ2n) is 3.58. The lowest BCUT2D eigenvalue weighted by Gasteiger charge is -2.05. The van der Waals surface area contributed by atoms with E-state index in [1.807, 2.05) is 30.3 Å². The summed E-state index contributed by atoms with van der Waals surface area (Å²) in [6, 6.07) is 7.83. The van der Waals surface area contributed by atoms with Gasteiger partial charge in [0.05, 0.1) is 0 Å². The molecule has 0 radical (unpaired) electrons. The number of benzene rings is 1. The molecule has 0 amide bonds. The van der Waals surface area contributed by atoms with Crippen molar-refractivity contribution < 1.29 is 0 Å². The summed E-state index contributed by atoms with van der Waals surface area (Å²) in [5.41, 5.74) is 1.10. The van der Waals surface area contributed by atoms with E-state index < -0.39 is 0 Å². The molecule has 0 heterocycles. The van der Waals surface area contributed by atoms with Crippen molar-refractivity contribution in [1.82, 2.24) is 0 Å². The summed E-state index contributed by atoms with van der Waals surface area (Å²) in [6.07, 6.45) is 6.78. The van der Waals surface area contributed by atoms with E-state index in [2.05, 4.69) is 11.9 Å². The van der Waals surface area contributed by atoms with Gasteiger partial charge in [-0.15, -0.1) is 6.58 Å². The second kappa shape index (κ2) is 7.36. The number of rotatable bonds is 7. The summed E-state index contributed by atoms with van der Waals surface area (Å²) >= 11 is 5.88. The van der Waals surface area contributed by atoms with Crippen LogP contribution in [0.2, 0.25) is 5.02 Å². The zero-order valence-electron chi connectivity index (χ0n) is 9.01. The van der Waals surface area contributed by atoms with Crippen LogP contribution in [-0.2, 0) is 0 Å². The topological polar surface area (TPSA) is 12.0 Å². The first-order valence-electron chi connectivity index (χ1n) is 5.43. The molecule has 2 heteroatoms. The lowest BCUT2D eigenvalue weighted by Crippen LogP contribution is -2.00. The average molecular weight is 224 g/mol. The fourth-order valence-corrected chi connectivity index (χ4v) is 1.61. The first kappa shape index (κ1) is 12.1. The van der Waals surface area contributed by atoms with Crippen LogP contribution in [0.5, 0.6) is 0 Å². The molecule has 0 aromatic heterocycles. The van der Waals surface area contributed by atoms with Crippen LogP contribution in [-0.4, -0.2) is 6.54 Å². The first-order valence-corrected chi connectivity index (χ1v) is 5.81. The minimum Gasteiger partial charge on any atom is -0.385 e. The van der Waals surface area contributed by atoms with E-state index in [-0.39, 0.29) is 0 Å². The third-order valence-corrected chi connectivity index (χ3v) is 2.47. The van der Waals surface area contributed by atoms with Crippen molar-refractivity contribution >= 4 is 17.3 Å². The van der Waals surface area contributed by atoms with Gasteiger partial charge < -0.3 is 5.32 Å². The van der Waals surface area contributed by atoms with Crippen LogP contribution in [0.1, 0.15) is 25.7 Å². The molecule has 0 aliphatic rings. The summed E-state index contributed by atoms with van der Waals surface area (Å²) in [5, 5.41) is 4.14. The van der Waals surface area contributed by atoms with Crippen LogP contribution in [0.15, 0.2) is 36.9 Å². The predicted octanol–water partition coefficient (Wildman–Crippen LogP) is 4.50. The number of hydrogen-bond acceptors (Lipinski definition) is 1. The van der Waals surface area contributed by atoms with Gasteiger partial charge >= 0.3 is 0 Å². The van der Waals surface area contributed by atoms with Gasteiger partial charge in [0.1, 0.15) is 0 Å². The Hall–Kier alpha value is -0.950. The Bertz CT molecular complexity index is 296. The first-order chi connectivity index (χ1) is 7.33. The average Bonchev–Trinajstić information content (AvgIpc) is 2.23. The highest BCUT2D eigenvalue weighted by molar-refractivity contribution is 6.30. The molecule has 0 fully saturated rings. The Morgan fingerprint density at radius 2 is 2.13 bits per heavy atom. The lowest BCUT2D eigenvalue weighted by atomic mass is 10.2. The zero-order chi connectivity index (χ0) is 10.9. The van der Waals surface area contributed by atoms with Crippen LogP contribution in [0.25, 0.3) is 0 Å². The molecule has 1 nitrogen and oxygen atoms in total. The molecule has 0 saturated heterocycles. The summed E-state index contributed by atoms with van der Waals surface area (Å²) in [4.78, 5) is 0. The summed E-state index contributed by atoms with van der Waals surface area (Å²) in [6.45, 7) is 4.72. The molecule has 1 N–H and O–H groups in total. The predicted molar refractivity (Wildman–Crippen MR) is 68.6 cm³/mol. The van der Waals surface area contributed by atoms with Gasteiger partial charge in [0.25, 0.3) is 0 Å². The van der Waals surface area contributed by atoms with E-state index in [0.29, 0.717) is 0 Å². The number of nitrogens with one attached hydrogen (secondary N) is 1. The van der Waals surface area contributed by atoms with Crippen molar-refractivity contribution in [3.63, 3.8) is 0 Å². The highest BCUT2D eigenvalue weighted by Gasteiger charge is 1.92. The zero-order valence-corrected chi connectivity index (χ0v) is 9.76. The van der Waals surface area contributed by atoms with E-state index in [4.69, 9.17) is 11.6 Å². The fraction of sp³-hybridized carbons (Fsp3) is 0.385. The van der Waals surface area contributed by atoms with E-state index in [0.717, 1.165) is 23.7 Å². The summed E-state index contributed by atoms with van der Waals surface area (Å²) in [5.74, 6) is 0. The Labute approximate surface area is 97.1 Å². The maximum Gasteiger partial charge on any atom is 0.0426 e. The maximum atomic E-state index is 5.88. The Balaban J connectivity index is 2.12. The van der Waals surface area contributed by atoms with Crippen LogP contribution in [0.3, 0.4) is 0 Å². The van der Waals surface area contributed by atoms with Crippen LogP contribution >= 0.6 is 11.6 Å². The van der Waals surface area contributed by atoms with Gasteiger partial charge in [0.15, 0.2) is 0 Å². The molecule has 0 saturated carbocycles. The standard InChI is InChI=1S/C13H18ClN/c1-2-3-4-5-6-10-15-13-9-7-8-12(14)11-13/h2,7-9,11,15H,1,3-6,10H2. The molecule has 0 aliphatic heterocycles. The molecular weight excluding hydrogens is 206 g/mol. The Morgan fingerprint density at radius 3 is 2.87 bits per heavy atom. The van der Waals surface area contributed by atoms with E-state index in [1.54, 1.807) is 0 Å². The third kappa shape index (κ3) is 5.48. The van der Waals surface area contributed by atoms with Gasteiger partial charge in [-0.05, 0) is 37.5 Å². The Morgan fingerprint density at radius 1 is 1.27 bits per heavy atom. The van der Waals surface area contributed by atoms with Gasteiger partial charge in [-0.2, -0.15) is 0 Å². The molecule has 0 bridgehead atoms.